The van der Waals surface area contributed by atoms with Gasteiger partial charge in [-0.25, -0.2) is 0 Å². The van der Waals surface area contributed by atoms with Gasteiger partial charge in [-0.2, -0.15) is 9.61 Å². The molecule has 18 heavy (non-hydrogen) atoms. The minimum Gasteiger partial charge on any atom is -0.391 e. The van der Waals surface area contributed by atoms with E-state index < -0.39 is 12.1 Å². The Balaban J connectivity index is 1.97. The molecule has 1 saturated heterocycles. The minimum atomic E-state index is -0.632. The first-order chi connectivity index (χ1) is 8.66. The van der Waals surface area contributed by atoms with Crippen LogP contribution in [0.1, 0.15) is 36.1 Å². The average Bonchev–Trinajstić information content (AvgIpc) is 3.02. The number of ether oxygens (including phenoxy) is 1. The number of hydrogen-bond acceptors (Lipinski definition) is 7. The van der Waals surface area contributed by atoms with Gasteiger partial charge in [0.1, 0.15) is 5.01 Å². The zero-order valence-corrected chi connectivity index (χ0v) is 10.8. The molecule has 0 saturated carbocycles. The van der Waals surface area contributed by atoms with E-state index in [0.717, 1.165) is 18.9 Å². The van der Waals surface area contributed by atoms with E-state index in [0.29, 0.717) is 16.6 Å². The first-order valence-electron chi connectivity index (χ1n) is 5.90. The highest BCUT2D eigenvalue weighted by Crippen LogP contribution is 2.27. The molecule has 0 aromatic carbocycles. The van der Waals surface area contributed by atoms with Crippen LogP contribution in [0.5, 0.6) is 0 Å². The molecule has 3 heterocycles. The Bertz CT molecular complexity index is 545. The lowest BCUT2D eigenvalue weighted by molar-refractivity contribution is 0.163. The van der Waals surface area contributed by atoms with E-state index in [4.69, 9.17) is 10.5 Å². The van der Waals surface area contributed by atoms with Gasteiger partial charge in [0, 0.05) is 12.5 Å². The summed E-state index contributed by atoms with van der Waals surface area (Å²) in [4.78, 5) is 0.711. The summed E-state index contributed by atoms with van der Waals surface area (Å²) in [6.45, 7) is 3.07. The zero-order chi connectivity index (χ0) is 12.7. The third kappa shape index (κ3) is 1.91. The van der Waals surface area contributed by atoms with Crippen molar-refractivity contribution in [3.63, 3.8) is 0 Å². The maximum Gasteiger partial charge on any atom is 0.234 e. The van der Waals surface area contributed by atoms with Crippen molar-refractivity contribution in [2.75, 3.05) is 13.2 Å². The molecular formula is C10H15N5O2S. The molecule has 2 aromatic heterocycles. The second-order valence-corrected chi connectivity index (χ2v) is 5.51. The van der Waals surface area contributed by atoms with E-state index in [1.807, 2.05) is 0 Å². The molecule has 0 radical (unpaired) electrons. The first-order valence-corrected chi connectivity index (χ1v) is 6.72. The van der Waals surface area contributed by atoms with E-state index in [-0.39, 0.29) is 5.92 Å². The van der Waals surface area contributed by atoms with Crippen LogP contribution in [0.2, 0.25) is 0 Å². The molecule has 3 atom stereocenters. The molecule has 0 bridgehead atoms. The SMILES string of the molecule is CC(O)C(N)c1nn2c(C3CCOC3)nnc2s1. The number of aliphatic hydroxyl groups excluding tert-OH is 1. The summed E-state index contributed by atoms with van der Waals surface area (Å²) in [5, 5.41) is 22.8. The van der Waals surface area contributed by atoms with Crippen LogP contribution in [-0.2, 0) is 4.74 Å². The van der Waals surface area contributed by atoms with Gasteiger partial charge in [-0.1, -0.05) is 11.3 Å². The Kier molecular flexibility index (Phi) is 3.02. The zero-order valence-electron chi connectivity index (χ0n) is 9.98. The molecule has 1 aliphatic heterocycles. The van der Waals surface area contributed by atoms with Crippen molar-refractivity contribution in [1.82, 2.24) is 19.8 Å². The molecule has 7 nitrogen and oxygen atoms in total. The smallest absolute Gasteiger partial charge is 0.234 e. The van der Waals surface area contributed by atoms with E-state index in [1.54, 1.807) is 11.4 Å². The molecule has 1 fully saturated rings. The van der Waals surface area contributed by atoms with Crippen LogP contribution in [0, 0.1) is 0 Å². The van der Waals surface area contributed by atoms with Gasteiger partial charge in [0.2, 0.25) is 4.96 Å². The first kappa shape index (κ1) is 12.0. The molecule has 1 aliphatic rings. The highest BCUT2D eigenvalue weighted by atomic mass is 32.1. The van der Waals surface area contributed by atoms with Gasteiger partial charge in [0.05, 0.1) is 18.8 Å². The van der Waals surface area contributed by atoms with Gasteiger partial charge in [0.15, 0.2) is 5.82 Å². The van der Waals surface area contributed by atoms with E-state index in [9.17, 15) is 5.11 Å². The molecule has 3 N–H and O–H groups in total. The monoisotopic (exact) mass is 269 g/mol. The number of nitrogens with zero attached hydrogens (tertiary/aromatic N) is 4. The fraction of sp³-hybridized carbons (Fsp3) is 0.700. The van der Waals surface area contributed by atoms with Gasteiger partial charge < -0.3 is 15.6 Å². The summed E-state index contributed by atoms with van der Waals surface area (Å²) in [6, 6.07) is -0.482. The van der Waals surface area contributed by atoms with Crippen molar-refractivity contribution >= 4 is 16.3 Å². The second-order valence-electron chi connectivity index (χ2n) is 4.52. The van der Waals surface area contributed by atoms with Crippen LogP contribution in [0.4, 0.5) is 0 Å². The third-order valence-electron chi connectivity index (χ3n) is 3.13. The van der Waals surface area contributed by atoms with Crippen molar-refractivity contribution in [2.45, 2.75) is 31.4 Å². The number of hydrogen-bond donors (Lipinski definition) is 2. The summed E-state index contributed by atoms with van der Waals surface area (Å²) >= 11 is 1.37. The van der Waals surface area contributed by atoms with Gasteiger partial charge >= 0.3 is 0 Å². The van der Waals surface area contributed by atoms with Gasteiger partial charge in [-0.3, -0.25) is 0 Å². The predicted molar refractivity (Wildman–Crippen MR) is 65.4 cm³/mol. The lowest BCUT2D eigenvalue weighted by atomic mass is 10.1. The maximum absolute atomic E-state index is 9.49. The van der Waals surface area contributed by atoms with Gasteiger partial charge in [0.25, 0.3) is 0 Å². The van der Waals surface area contributed by atoms with E-state index in [2.05, 4.69) is 15.3 Å². The molecule has 3 rings (SSSR count). The van der Waals surface area contributed by atoms with Crippen molar-refractivity contribution in [3.05, 3.63) is 10.8 Å². The normalized spacial score (nSPS) is 23.6. The van der Waals surface area contributed by atoms with Crippen LogP contribution >= 0.6 is 11.3 Å². The summed E-state index contributed by atoms with van der Waals surface area (Å²) < 4.78 is 7.08. The lowest BCUT2D eigenvalue weighted by Gasteiger charge is -2.10. The Morgan fingerprint density at radius 3 is 3.06 bits per heavy atom. The van der Waals surface area contributed by atoms with Crippen LogP contribution in [0.3, 0.4) is 0 Å². The molecule has 0 spiro atoms. The topological polar surface area (TPSA) is 98.6 Å². The number of rotatable bonds is 3. The van der Waals surface area contributed by atoms with E-state index >= 15 is 0 Å². The largest absolute Gasteiger partial charge is 0.391 e. The number of nitrogens with two attached hydrogens (primary N) is 1. The number of fused-ring (bicyclic) bond motifs is 1. The van der Waals surface area contributed by atoms with Crippen molar-refractivity contribution < 1.29 is 9.84 Å². The van der Waals surface area contributed by atoms with Crippen LogP contribution in [-0.4, -0.2) is 44.2 Å². The van der Waals surface area contributed by atoms with Crippen LogP contribution < -0.4 is 5.73 Å². The number of aliphatic hydroxyl groups is 1. The van der Waals surface area contributed by atoms with Gasteiger partial charge in [-0.15, -0.1) is 10.2 Å². The standard InChI is InChI=1S/C10H15N5O2S/c1-5(16)7(11)9-14-15-8(6-2-3-17-4-6)12-13-10(15)18-9/h5-7,16H,2-4,11H2,1H3. The summed E-state index contributed by atoms with van der Waals surface area (Å²) in [7, 11) is 0. The summed E-state index contributed by atoms with van der Waals surface area (Å²) in [6.07, 6.45) is 0.308. The fourth-order valence-corrected chi connectivity index (χ4v) is 2.93. The second kappa shape index (κ2) is 4.54. The average molecular weight is 269 g/mol. The molecule has 0 amide bonds. The van der Waals surface area contributed by atoms with Gasteiger partial charge in [-0.05, 0) is 13.3 Å². The molecule has 2 aromatic rings. The third-order valence-corrected chi connectivity index (χ3v) is 4.13. The number of aromatic nitrogens is 4. The molecule has 0 aliphatic carbocycles. The maximum atomic E-state index is 9.49. The fourth-order valence-electron chi connectivity index (χ4n) is 1.98. The molecule has 98 valence electrons. The Labute approximate surface area is 108 Å². The van der Waals surface area contributed by atoms with Crippen molar-refractivity contribution in [3.8, 4) is 0 Å². The summed E-state index contributed by atoms with van der Waals surface area (Å²) in [5.41, 5.74) is 5.88. The predicted octanol–water partition coefficient (Wildman–Crippen LogP) is 0.0703. The Morgan fingerprint density at radius 1 is 1.56 bits per heavy atom. The molecule has 8 heteroatoms. The van der Waals surface area contributed by atoms with Crippen molar-refractivity contribution in [2.24, 2.45) is 5.73 Å². The quantitative estimate of drug-likeness (QED) is 0.818. The summed E-state index contributed by atoms with van der Waals surface area (Å²) in [5.74, 6) is 1.07. The van der Waals surface area contributed by atoms with Crippen LogP contribution in [0.15, 0.2) is 0 Å². The minimum absolute atomic E-state index is 0.248. The highest BCUT2D eigenvalue weighted by Gasteiger charge is 2.26. The Morgan fingerprint density at radius 2 is 2.39 bits per heavy atom. The van der Waals surface area contributed by atoms with Crippen LogP contribution in [0.25, 0.3) is 4.96 Å². The van der Waals surface area contributed by atoms with E-state index in [1.165, 1.54) is 11.3 Å². The van der Waals surface area contributed by atoms with Crippen molar-refractivity contribution in [1.29, 1.82) is 0 Å². The molecular weight excluding hydrogens is 254 g/mol. The Hall–Kier alpha value is -1.09. The highest BCUT2D eigenvalue weighted by molar-refractivity contribution is 7.16. The molecule has 3 unspecified atom stereocenters. The lowest BCUT2D eigenvalue weighted by Crippen LogP contribution is -2.23.